The molecule has 46 heavy (non-hydrogen) atoms. The van der Waals surface area contributed by atoms with Crippen LogP contribution in [-0.4, -0.2) is 72.0 Å². The molecule has 3 heterocycles. The van der Waals surface area contributed by atoms with E-state index in [1.165, 1.54) is 14.2 Å². The van der Waals surface area contributed by atoms with Crippen LogP contribution in [0.3, 0.4) is 0 Å². The summed E-state index contributed by atoms with van der Waals surface area (Å²) in [5, 5.41) is 0. The van der Waals surface area contributed by atoms with Crippen LogP contribution in [0.2, 0.25) is 58.9 Å². The van der Waals surface area contributed by atoms with Gasteiger partial charge in [-0.2, -0.15) is 0 Å². The molecule has 0 fully saturated rings. The summed E-state index contributed by atoms with van der Waals surface area (Å²) in [6, 6.07) is 0. The fourth-order valence-corrected chi connectivity index (χ4v) is 6.84. The molecule has 6 nitrogen and oxygen atoms in total. The number of ether oxygens (including phenoxy) is 2. The van der Waals surface area contributed by atoms with E-state index in [-0.39, 0.29) is 48.5 Å². The highest BCUT2D eigenvalue weighted by Gasteiger charge is 2.58. The van der Waals surface area contributed by atoms with E-state index in [1.54, 1.807) is 13.8 Å². The Hall–Kier alpha value is -3.37. The van der Waals surface area contributed by atoms with Crippen molar-refractivity contribution in [2.24, 2.45) is 0 Å². The Bertz CT molecular complexity index is 1770. The second-order valence-electron chi connectivity index (χ2n) is 15.0. The van der Waals surface area contributed by atoms with E-state index in [1.807, 2.05) is 0 Å². The quantitative estimate of drug-likeness (QED) is 0.194. The molecule has 0 atom stereocenters. The van der Waals surface area contributed by atoms with E-state index in [9.17, 15) is 9.59 Å². The van der Waals surface area contributed by atoms with E-state index in [0.717, 1.165) is 8.96 Å². The van der Waals surface area contributed by atoms with E-state index >= 15 is 8.63 Å². The number of aromatic nitrogens is 1. The van der Waals surface area contributed by atoms with Gasteiger partial charge in [-0.1, -0.05) is 70.8 Å². The zero-order valence-corrected chi connectivity index (χ0v) is 32.7. The molecule has 0 unspecified atom stereocenters. The van der Waals surface area contributed by atoms with Crippen molar-refractivity contribution in [2.75, 3.05) is 14.2 Å². The second-order valence-corrected chi connectivity index (χ2v) is 29.2. The van der Waals surface area contributed by atoms with Crippen molar-refractivity contribution >= 4 is 54.4 Å². The number of fused-ring (bicyclic) bond motifs is 2. The van der Waals surface area contributed by atoms with E-state index in [4.69, 9.17) is 9.47 Å². The van der Waals surface area contributed by atoms with Crippen LogP contribution in [-0.2, 0) is 25.5 Å². The van der Waals surface area contributed by atoms with E-state index in [2.05, 4.69) is 93.3 Å². The highest BCUT2D eigenvalue weighted by atomic mass is 28.3. The molecule has 2 aliphatic rings. The number of halogens is 2. The third-order valence-electron chi connectivity index (χ3n) is 7.53. The molecule has 0 N–H and O–H groups in total. The van der Waals surface area contributed by atoms with E-state index < -0.39 is 43.1 Å². The minimum Gasteiger partial charge on any atom is -0.469 e. The molecule has 0 spiro atoms. The van der Waals surface area contributed by atoms with Crippen LogP contribution < -0.4 is 0 Å². The summed E-state index contributed by atoms with van der Waals surface area (Å²) in [4.78, 5) is 24.7. The third-order valence-corrected chi connectivity index (χ3v) is 10.2. The Kier molecular flexibility index (Phi) is 10.8. The van der Waals surface area contributed by atoms with Gasteiger partial charge in [0.2, 0.25) is 5.71 Å². The predicted octanol–water partition coefficient (Wildman–Crippen LogP) is 6.58. The summed E-state index contributed by atoms with van der Waals surface area (Å²) in [7, 11) is -3.33. The molecule has 0 saturated heterocycles. The van der Waals surface area contributed by atoms with Crippen molar-refractivity contribution in [3.8, 4) is 34.4 Å². The standard InChI is InChI=1S/C34H47BF2N2O4Si3/c1-24-26(14-16-31(40)42-3)33-28(18-21-44(5,6)7)34-27(15-17-32(41)43-4)25(2)30(20-23-46(11,12)13)39(34)35(36,37)38(33)29(24)19-22-45(8,9)10/h14-17H2,1-13H3. The number of allylic oxidation sites excluding steroid dienone is 3. The maximum Gasteiger partial charge on any atom is 0.738 e. The number of carbonyl (C=O) groups is 2. The van der Waals surface area contributed by atoms with Crippen molar-refractivity contribution < 1.29 is 32.2 Å². The molecule has 0 saturated carbocycles. The van der Waals surface area contributed by atoms with Gasteiger partial charge in [0.1, 0.15) is 29.8 Å². The lowest BCUT2D eigenvalue weighted by Gasteiger charge is -2.32. The average Bonchev–Trinajstić information content (AvgIpc) is 3.37. The minimum atomic E-state index is -4.53. The average molecular weight is 681 g/mol. The first-order valence-electron chi connectivity index (χ1n) is 15.6. The van der Waals surface area contributed by atoms with Gasteiger partial charge in [0, 0.05) is 29.7 Å². The Balaban J connectivity index is 2.65. The van der Waals surface area contributed by atoms with Crippen molar-refractivity contribution in [3.63, 3.8) is 0 Å². The SMILES string of the molecule is COC(=O)CCC1=C(C)C(C#C[Si](C)(C)C)=[N+]2C1=C(C#C[Si](C)(C)C)c1c(CCC(=O)OC)c(C)c(C#C[Si](C)(C)C)n1[B-]2(F)F. The summed E-state index contributed by atoms with van der Waals surface area (Å²) in [5.41, 5.74) is 13.9. The van der Waals surface area contributed by atoms with Gasteiger partial charge in [0.25, 0.3) is 0 Å². The monoisotopic (exact) mass is 680 g/mol. The molecule has 0 aromatic carbocycles. The number of methoxy groups -OCH3 is 2. The molecule has 246 valence electrons. The minimum absolute atomic E-state index is 0.0186. The number of hydrogen-bond acceptors (Lipinski definition) is 4. The van der Waals surface area contributed by atoms with Crippen molar-refractivity contribution in [1.29, 1.82) is 0 Å². The first-order chi connectivity index (χ1) is 21.0. The lowest BCUT2D eigenvalue weighted by atomic mass is 9.85. The van der Waals surface area contributed by atoms with Gasteiger partial charge in [0.05, 0.1) is 19.9 Å². The summed E-state index contributed by atoms with van der Waals surface area (Å²) in [6.45, 7) is 17.8. The van der Waals surface area contributed by atoms with Crippen LogP contribution in [0.15, 0.2) is 16.8 Å². The largest absolute Gasteiger partial charge is 0.738 e. The number of nitrogens with zero attached hydrogens (tertiary/aromatic N) is 2. The lowest BCUT2D eigenvalue weighted by molar-refractivity contribution is -0.362. The summed E-state index contributed by atoms with van der Waals surface area (Å²) < 4.78 is 47.1. The van der Waals surface area contributed by atoms with E-state index in [0.29, 0.717) is 27.8 Å². The molecule has 0 aliphatic carbocycles. The van der Waals surface area contributed by atoms with Gasteiger partial charge in [-0.05, 0) is 43.7 Å². The molecule has 0 radical (unpaired) electrons. The maximum atomic E-state index is 17.6. The number of carbonyl (C=O) groups excluding carboxylic acids is 2. The first kappa shape index (κ1) is 37.1. The molecular formula is C34H47BF2N2O4Si3. The fourth-order valence-electron chi connectivity index (χ4n) is 5.35. The number of rotatable bonds is 6. The van der Waals surface area contributed by atoms with Gasteiger partial charge >= 0.3 is 18.9 Å². The number of esters is 2. The van der Waals surface area contributed by atoms with Crippen molar-refractivity contribution in [1.82, 2.24) is 4.48 Å². The Labute approximate surface area is 276 Å². The molecule has 3 rings (SSSR count). The van der Waals surface area contributed by atoms with Gasteiger partial charge < -0.3 is 27.1 Å². The van der Waals surface area contributed by atoms with Crippen LogP contribution in [0.5, 0.6) is 0 Å². The highest BCUT2D eigenvalue weighted by molar-refractivity contribution is 6.84. The van der Waals surface area contributed by atoms with Crippen LogP contribution in [0.4, 0.5) is 8.63 Å². The fraction of sp³-hybridized carbons (Fsp3) is 0.500. The van der Waals surface area contributed by atoms with Gasteiger partial charge in [-0.15, -0.1) is 16.6 Å². The molecule has 1 aromatic heterocycles. The third kappa shape index (κ3) is 8.12. The molecule has 0 bridgehead atoms. The molecule has 2 aliphatic heterocycles. The summed E-state index contributed by atoms with van der Waals surface area (Å²) in [5.74, 6) is 8.84. The predicted molar refractivity (Wildman–Crippen MR) is 191 cm³/mol. The second kappa shape index (κ2) is 13.4. The molecule has 12 heteroatoms. The number of hydrogen-bond donors (Lipinski definition) is 0. The summed E-state index contributed by atoms with van der Waals surface area (Å²) >= 11 is 0. The van der Waals surface area contributed by atoms with Crippen LogP contribution in [0.25, 0.3) is 5.57 Å². The zero-order chi connectivity index (χ0) is 35.0. The maximum absolute atomic E-state index is 17.6. The van der Waals surface area contributed by atoms with Crippen molar-refractivity contribution in [3.05, 3.63) is 39.4 Å². The smallest absolute Gasteiger partial charge is 0.469 e. The van der Waals surface area contributed by atoms with Crippen LogP contribution in [0.1, 0.15) is 48.7 Å². The Morgan fingerprint density at radius 2 is 1.26 bits per heavy atom. The van der Waals surface area contributed by atoms with Gasteiger partial charge in [0.15, 0.2) is 5.70 Å². The zero-order valence-electron chi connectivity index (χ0n) is 29.7. The van der Waals surface area contributed by atoms with Crippen LogP contribution >= 0.6 is 0 Å². The highest BCUT2D eigenvalue weighted by Crippen LogP contribution is 2.45. The van der Waals surface area contributed by atoms with Crippen molar-refractivity contribution in [2.45, 2.75) is 98.5 Å². The van der Waals surface area contributed by atoms with Crippen LogP contribution in [0, 0.1) is 41.3 Å². The molecule has 0 amide bonds. The van der Waals surface area contributed by atoms with Gasteiger partial charge in [-0.25, -0.2) is 0 Å². The Morgan fingerprint density at radius 3 is 1.76 bits per heavy atom. The summed E-state index contributed by atoms with van der Waals surface area (Å²) in [6.07, 6.45) is 0.411. The molecular weight excluding hydrogens is 633 g/mol. The first-order valence-corrected chi connectivity index (χ1v) is 26.1. The Morgan fingerprint density at radius 1 is 0.783 bits per heavy atom. The normalized spacial score (nSPS) is 15.6. The van der Waals surface area contributed by atoms with Gasteiger partial charge in [-0.3, -0.25) is 9.59 Å². The topological polar surface area (TPSA) is 60.5 Å². The molecule has 1 aromatic rings. The lowest BCUT2D eigenvalue weighted by Crippen LogP contribution is -2.52.